The number of aromatic nitrogens is 1. The predicted molar refractivity (Wildman–Crippen MR) is 92.5 cm³/mol. The highest BCUT2D eigenvalue weighted by Gasteiger charge is 2.13. The van der Waals surface area contributed by atoms with Gasteiger partial charge < -0.3 is 9.15 Å². The van der Waals surface area contributed by atoms with Crippen molar-refractivity contribution in [2.75, 3.05) is 0 Å². The summed E-state index contributed by atoms with van der Waals surface area (Å²) in [6.07, 6.45) is 3.47. The highest BCUT2D eigenvalue weighted by atomic mass is 19.1. The first kappa shape index (κ1) is 16.6. The third-order valence-electron chi connectivity index (χ3n) is 3.60. The van der Waals surface area contributed by atoms with Crippen molar-refractivity contribution >= 4 is 12.4 Å². The molecule has 0 amide bonds. The lowest BCUT2D eigenvalue weighted by molar-refractivity contribution is -0.104. The van der Waals surface area contributed by atoms with Crippen molar-refractivity contribution in [3.8, 4) is 17.2 Å². The zero-order chi connectivity index (χ0) is 17.6. The van der Waals surface area contributed by atoms with E-state index in [2.05, 4.69) is 4.98 Å². The van der Waals surface area contributed by atoms with Crippen LogP contribution in [0.4, 0.5) is 4.39 Å². The predicted octanol–water partition coefficient (Wildman–Crippen LogP) is 4.58. The first-order chi connectivity index (χ1) is 12.2. The van der Waals surface area contributed by atoms with E-state index in [1.54, 1.807) is 13.0 Å². The molecule has 0 spiro atoms. The minimum absolute atomic E-state index is 0.0998. The molecular weight excluding hydrogens is 321 g/mol. The lowest BCUT2D eigenvalue weighted by Crippen LogP contribution is -1.99. The van der Waals surface area contributed by atoms with Gasteiger partial charge in [0.05, 0.1) is 0 Å². The largest absolute Gasteiger partial charge is 0.484 e. The van der Waals surface area contributed by atoms with Crippen molar-refractivity contribution in [2.45, 2.75) is 13.5 Å². The second kappa shape index (κ2) is 7.57. The van der Waals surface area contributed by atoms with Crippen LogP contribution in [0.3, 0.4) is 0 Å². The standard InChI is InChI=1S/C20H16FNO3/c1-14-18(22-20(25-14)16-7-3-2-4-8-16)13-24-19-10-9-15(6-5-11-23)12-17(19)21/h2-12H,13H2,1H3/b6-5+. The van der Waals surface area contributed by atoms with Gasteiger partial charge >= 0.3 is 0 Å². The summed E-state index contributed by atoms with van der Waals surface area (Å²) in [7, 11) is 0. The van der Waals surface area contributed by atoms with Gasteiger partial charge in [-0.15, -0.1) is 0 Å². The van der Waals surface area contributed by atoms with Crippen LogP contribution in [0.2, 0.25) is 0 Å². The molecule has 0 saturated heterocycles. The first-order valence-electron chi connectivity index (χ1n) is 7.73. The van der Waals surface area contributed by atoms with Gasteiger partial charge in [0.2, 0.25) is 5.89 Å². The second-order valence-corrected chi connectivity index (χ2v) is 5.36. The quantitative estimate of drug-likeness (QED) is 0.488. The van der Waals surface area contributed by atoms with Crippen LogP contribution < -0.4 is 4.74 Å². The third-order valence-corrected chi connectivity index (χ3v) is 3.60. The first-order valence-corrected chi connectivity index (χ1v) is 7.73. The Morgan fingerprint density at radius 3 is 2.72 bits per heavy atom. The number of aryl methyl sites for hydroxylation is 1. The van der Waals surface area contributed by atoms with E-state index in [0.717, 1.165) is 5.56 Å². The number of carbonyl (C=O) groups is 1. The molecule has 3 rings (SSSR count). The second-order valence-electron chi connectivity index (χ2n) is 5.36. The van der Waals surface area contributed by atoms with E-state index < -0.39 is 5.82 Å². The smallest absolute Gasteiger partial charge is 0.226 e. The fourth-order valence-corrected chi connectivity index (χ4v) is 2.30. The number of nitrogens with zero attached hydrogens (tertiary/aromatic N) is 1. The molecule has 0 fully saturated rings. The summed E-state index contributed by atoms with van der Waals surface area (Å²) >= 11 is 0. The van der Waals surface area contributed by atoms with Crippen LogP contribution in [0, 0.1) is 12.7 Å². The van der Waals surface area contributed by atoms with E-state index in [9.17, 15) is 9.18 Å². The van der Waals surface area contributed by atoms with Crippen LogP contribution in [0.1, 0.15) is 17.0 Å². The molecule has 5 heteroatoms. The summed E-state index contributed by atoms with van der Waals surface area (Å²) in [6.45, 7) is 1.89. The van der Waals surface area contributed by atoms with E-state index in [0.29, 0.717) is 29.2 Å². The molecule has 0 radical (unpaired) electrons. The molecule has 25 heavy (non-hydrogen) atoms. The van der Waals surface area contributed by atoms with Gasteiger partial charge in [-0.05, 0) is 42.8 Å². The fourth-order valence-electron chi connectivity index (χ4n) is 2.30. The lowest BCUT2D eigenvalue weighted by Gasteiger charge is -2.06. The number of ether oxygens (including phenoxy) is 1. The van der Waals surface area contributed by atoms with Crippen LogP contribution >= 0.6 is 0 Å². The van der Waals surface area contributed by atoms with E-state index >= 15 is 0 Å². The number of benzene rings is 2. The summed E-state index contributed by atoms with van der Waals surface area (Å²) in [5.41, 5.74) is 2.07. The Bertz CT molecular complexity index is 901. The minimum Gasteiger partial charge on any atom is -0.484 e. The van der Waals surface area contributed by atoms with E-state index in [-0.39, 0.29) is 12.4 Å². The van der Waals surface area contributed by atoms with Gasteiger partial charge in [0.1, 0.15) is 24.3 Å². The Labute approximate surface area is 144 Å². The van der Waals surface area contributed by atoms with Crippen molar-refractivity contribution in [3.05, 3.63) is 77.4 Å². The summed E-state index contributed by atoms with van der Waals surface area (Å²) in [6, 6.07) is 14.0. The van der Waals surface area contributed by atoms with Crippen molar-refractivity contribution in [1.82, 2.24) is 4.98 Å². The molecule has 0 saturated carbocycles. The monoisotopic (exact) mass is 337 g/mol. The number of hydrogen-bond acceptors (Lipinski definition) is 4. The lowest BCUT2D eigenvalue weighted by atomic mass is 10.2. The Kier molecular flexibility index (Phi) is 5.04. The van der Waals surface area contributed by atoms with Crippen LogP contribution in [0.25, 0.3) is 17.5 Å². The maximum absolute atomic E-state index is 14.1. The molecule has 2 aromatic carbocycles. The SMILES string of the molecule is Cc1oc(-c2ccccc2)nc1COc1ccc(/C=C/C=O)cc1F. The van der Waals surface area contributed by atoms with Crippen LogP contribution in [-0.4, -0.2) is 11.3 Å². The average molecular weight is 337 g/mol. The number of allylic oxidation sites excluding steroid dienone is 1. The van der Waals surface area contributed by atoms with E-state index in [4.69, 9.17) is 9.15 Å². The Hall–Kier alpha value is -3.21. The zero-order valence-corrected chi connectivity index (χ0v) is 13.6. The molecule has 0 bridgehead atoms. The number of carbonyl (C=O) groups excluding carboxylic acids is 1. The maximum atomic E-state index is 14.1. The number of hydrogen-bond donors (Lipinski definition) is 0. The van der Waals surface area contributed by atoms with E-state index in [1.807, 2.05) is 30.3 Å². The summed E-state index contributed by atoms with van der Waals surface area (Å²) < 4.78 is 25.2. The van der Waals surface area contributed by atoms with Gasteiger partial charge in [-0.3, -0.25) is 4.79 Å². The van der Waals surface area contributed by atoms with Crippen molar-refractivity contribution in [3.63, 3.8) is 0 Å². The summed E-state index contributed by atoms with van der Waals surface area (Å²) in [5, 5.41) is 0. The molecule has 1 heterocycles. The highest BCUT2D eigenvalue weighted by molar-refractivity contribution is 5.73. The Morgan fingerprint density at radius 2 is 2.00 bits per heavy atom. The van der Waals surface area contributed by atoms with Gasteiger partial charge in [-0.1, -0.05) is 30.3 Å². The third kappa shape index (κ3) is 4.01. The number of oxazole rings is 1. The highest BCUT2D eigenvalue weighted by Crippen LogP contribution is 2.24. The molecule has 1 aromatic heterocycles. The average Bonchev–Trinajstić information content (AvgIpc) is 3.01. The molecular formula is C20H16FNO3. The zero-order valence-electron chi connectivity index (χ0n) is 13.6. The molecule has 0 atom stereocenters. The molecule has 126 valence electrons. The molecule has 0 aliphatic rings. The van der Waals surface area contributed by atoms with Gasteiger partial charge in [-0.25, -0.2) is 9.37 Å². The molecule has 0 unspecified atom stereocenters. The minimum atomic E-state index is -0.502. The van der Waals surface area contributed by atoms with Gasteiger partial charge in [0.15, 0.2) is 11.6 Å². The summed E-state index contributed by atoms with van der Waals surface area (Å²) in [5.74, 6) is 0.751. The van der Waals surface area contributed by atoms with Gasteiger partial charge in [-0.2, -0.15) is 0 Å². The number of halogens is 1. The topological polar surface area (TPSA) is 52.3 Å². The Balaban J connectivity index is 1.73. The normalized spacial score (nSPS) is 11.0. The van der Waals surface area contributed by atoms with Crippen LogP contribution in [0.15, 0.2) is 59.0 Å². The molecule has 4 nitrogen and oxygen atoms in total. The van der Waals surface area contributed by atoms with Gasteiger partial charge in [0, 0.05) is 5.56 Å². The van der Waals surface area contributed by atoms with Crippen molar-refractivity contribution < 1.29 is 18.3 Å². The molecule has 0 aliphatic carbocycles. The number of aldehydes is 1. The van der Waals surface area contributed by atoms with Crippen LogP contribution in [0.5, 0.6) is 5.75 Å². The van der Waals surface area contributed by atoms with Crippen LogP contribution in [-0.2, 0) is 11.4 Å². The van der Waals surface area contributed by atoms with Crippen molar-refractivity contribution in [1.29, 1.82) is 0 Å². The molecule has 3 aromatic rings. The summed E-state index contributed by atoms with van der Waals surface area (Å²) in [4.78, 5) is 14.7. The molecule has 0 N–H and O–H groups in total. The van der Waals surface area contributed by atoms with Crippen molar-refractivity contribution in [2.24, 2.45) is 0 Å². The van der Waals surface area contributed by atoms with Gasteiger partial charge in [0.25, 0.3) is 0 Å². The Morgan fingerprint density at radius 1 is 1.20 bits per heavy atom. The number of rotatable bonds is 6. The fraction of sp³-hybridized carbons (Fsp3) is 0.100. The maximum Gasteiger partial charge on any atom is 0.226 e. The molecule has 0 aliphatic heterocycles. The van der Waals surface area contributed by atoms with E-state index in [1.165, 1.54) is 24.3 Å².